The van der Waals surface area contributed by atoms with Gasteiger partial charge in [0.05, 0.1) is 7.11 Å². The fraction of sp³-hybridized carbons (Fsp3) is 0.571. The van der Waals surface area contributed by atoms with Crippen molar-refractivity contribution in [2.45, 2.75) is 69.5 Å². The second kappa shape index (κ2) is 10.5. The molecule has 1 aromatic carbocycles. The Morgan fingerprint density at radius 2 is 1.21 bits per heavy atom. The van der Waals surface area contributed by atoms with E-state index in [1.165, 1.54) is 19.2 Å². The van der Waals surface area contributed by atoms with Crippen LogP contribution in [0.4, 0.5) is 48.3 Å². The first kappa shape index (κ1) is 33.4. The van der Waals surface area contributed by atoms with E-state index < -0.39 is 53.4 Å². The van der Waals surface area contributed by atoms with Gasteiger partial charge in [0.1, 0.15) is 17.1 Å². The molecule has 0 aliphatic heterocycles. The Balaban J connectivity index is 3.19. The lowest BCUT2D eigenvalue weighted by atomic mass is 9.98. The van der Waals surface area contributed by atoms with Crippen LogP contribution in [0, 0.1) is 0 Å². The van der Waals surface area contributed by atoms with Gasteiger partial charge >= 0.3 is 30.6 Å². The average Bonchev–Trinajstić information content (AvgIpc) is 2.70. The van der Waals surface area contributed by atoms with Crippen LogP contribution in [0.3, 0.4) is 0 Å². The number of halogens is 11. The fourth-order valence-corrected chi connectivity index (χ4v) is 2.54. The number of carbonyl (C=O) groups excluding carboxylic acids is 1. The van der Waals surface area contributed by atoms with E-state index in [1.807, 2.05) is 0 Å². The van der Waals surface area contributed by atoms with Gasteiger partial charge in [-0.15, -0.1) is 13.2 Å². The average molecular weight is 578 g/mol. The molecule has 1 N–H and O–H groups in total. The van der Waals surface area contributed by atoms with E-state index in [9.17, 15) is 58.2 Å². The van der Waals surface area contributed by atoms with Crippen LogP contribution in [-0.2, 0) is 19.0 Å². The molecule has 0 atom stereocenters. The molecule has 0 bridgehead atoms. The van der Waals surface area contributed by atoms with E-state index in [1.54, 1.807) is 0 Å². The van der Waals surface area contributed by atoms with E-state index in [-0.39, 0.29) is 45.1 Å². The highest BCUT2D eigenvalue weighted by molar-refractivity contribution is 5.99. The summed E-state index contributed by atoms with van der Waals surface area (Å²) in [6, 6.07) is 4.61. The van der Waals surface area contributed by atoms with Gasteiger partial charge in [0.25, 0.3) is 5.78 Å². The van der Waals surface area contributed by atoms with E-state index in [4.69, 9.17) is 4.74 Å². The lowest BCUT2D eigenvalue weighted by Crippen LogP contribution is -2.63. The molecule has 0 spiro atoms. The molecule has 1 rings (SSSR count). The van der Waals surface area contributed by atoms with Crippen molar-refractivity contribution in [1.82, 2.24) is 0 Å². The minimum Gasteiger partial charge on any atom is -0.507 e. The summed E-state index contributed by atoms with van der Waals surface area (Å²) >= 11 is 0. The highest BCUT2D eigenvalue weighted by Gasteiger charge is 2.73. The number of rotatable bonds is 12. The molecule has 0 aliphatic rings. The molecule has 17 heteroatoms. The molecule has 0 heterocycles. The molecule has 0 saturated heterocycles. The standard InChI is InChI=1S/C21H21F11O6/c1-15(2,37-21(30,31)32)18(24,25)20(28,29)36-16(3,4)19(26,27)38-17(22,23)14(34)10-13(33)11-6-8-12(35-5)9-7-11/h6-10,33H,1-5H3. The maximum absolute atomic E-state index is 14.4. The number of ketones is 1. The van der Waals surface area contributed by atoms with Crippen LogP contribution in [-0.4, -0.2) is 59.8 Å². The summed E-state index contributed by atoms with van der Waals surface area (Å²) in [6.45, 7) is -0.596. The minimum atomic E-state index is -6.19. The predicted octanol–water partition coefficient (Wildman–Crippen LogP) is 6.70. The summed E-state index contributed by atoms with van der Waals surface area (Å²) in [5.74, 6) is -9.52. The molecule has 1 aromatic rings. The lowest BCUT2D eigenvalue weighted by molar-refractivity contribution is -0.481. The Kier molecular flexibility index (Phi) is 9.21. The molecule has 0 radical (unpaired) electrons. The molecule has 0 unspecified atom stereocenters. The van der Waals surface area contributed by atoms with Crippen molar-refractivity contribution in [2.75, 3.05) is 7.11 Å². The van der Waals surface area contributed by atoms with Crippen molar-refractivity contribution in [3.8, 4) is 5.75 Å². The topological polar surface area (TPSA) is 74.2 Å². The van der Waals surface area contributed by atoms with Gasteiger partial charge in [-0.3, -0.25) is 9.53 Å². The third-order valence-corrected chi connectivity index (χ3v) is 4.77. The van der Waals surface area contributed by atoms with Crippen molar-refractivity contribution in [3.63, 3.8) is 0 Å². The van der Waals surface area contributed by atoms with Crippen molar-refractivity contribution < 1.29 is 77.1 Å². The number of aliphatic hydroxyl groups is 1. The first-order valence-electron chi connectivity index (χ1n) is 9.99. The Morgan fingerprint density at radius 1 is 0.737 bits per heavy atom. The van der Waals surface area contributed by atoms with Gasteiger partial charge in [0, 0.05) is 11.6 Å². The maximum Gasteiger partial charge on any atom is 0.523 e. The van der Waals surface area contributed by atoms with Gasteiger partial charge in [-0.05, 0) is 52.0 Å². The van der Waals surface area contributed by atoms with Crippen LogP contribution < -0.4 is 4.74 Å². The summed E-state index contributed by atoms with van der Waals surface area (Å²) < 4.78 is 165. The third kappa shape index (κ3) is 7.47. The number of alkyl halides is 11. The van der Waals surface area contributed by atoms with Crippen molar-refractivity contribution in [2.24, 2.45) is 0 Å². The third-order valence-electron chi connectivity index (χ3n) is 4.77. The summed E-state index contributed by atoms with van der Waals surface area (Å²) in [5, 5.41) is 9.80. The smallest absolute Gasteiger partial charge is 0.507 e. The molecule has 0 amide bonds. The number of ether oxygens (including phenoxy) is 4. The summed E-state index contributed by atoms with van der Waals surface area (Å²) in [6.07, 6.45) is -23.5. The van der Waals surface area contributed by atoms with Crippen molar-refractivity contribution in [3.05, 3.63) is 35.9 Å². The zero-order chi connectivity index (χ0) is 30.2. The first-order chi connectivity index (χ1) is 16.7. The quantitative estimate of drug-likeness (QED) is 0.169. The highest BCUT2D eigenvalue weighted by atomic mass is 19.4. The van der Waals surface area contributed by atoms with Gasteiger partial charge in [-0.25, -0.2) is 4.74 Å². The molecule has 0 aromatic heterocycles. The van der Waals surface area contributed by atoms with Crippen LogP contribution in [0.1, 0.15) is 33.3 Å². The SMILES string of the molecule is COc1ccc(C(O)=CC(=O)C(F)(F)OC(F)(F)C(C)(C)OC(F)(F)C(F)(F)C(C)(C)OC(F)(F)F)cc1. The molecule has 0 saturated carbocycles. The van der Waals surface area contributed by atoms with E-state index in [0.29, 0.717) is 0 Å². The number of methoxy groups -OCH3 is 1. The first-order valence-corrected chi connectivity index (χ1v) is 9.99. The Morgan fingerprint density at radius 3 is 1.63 bits per heavy atom. The number of carbonyl (C=O) groups is 1. The van der Waals surface area contributed by atoms with Crippen molar-refractivity contribution in [1.29, 1.82) is 0 Å². The van der Waals surface area contributed by atoms with Crippen LogP contribution in [0.25, 0.3) is 5.76 Å². The summed E-state index contributed by atoms with van der Waals surface area (Å²) in [7, 11) is 1.27. The van der Waals surface area contributed by atoms with Gasteiger partial charge in [0.15, 0.2) is 5.60 Å². The number of hydrogen-bond acceptors (Lipinski definition) is 6. The Labute approximate surface area is 207 Å². The molecule has 6 nitrogen and oxygen atoms in total. The lowest BCUT2D eigenvalue weighted by Gasteiger charge is -2.42. The van der Waals surface area contributed by atoms with Crippen LogP contribution >= 0.6 is 0 Å². The second-order valence-corrected chi connectivity index (χ2v) is 8.52. The van der Waals surface area contributed by atoms with Crippen LogP contribution in [0.5, 0.6) is 5.75 Å². The maximum atomic E-state index is 14.4. The molecule has 0 aliphatic carbocycles. The second-order valence-electron chi connectivity index (χ2n) is 8.52. The monoisotopic (exact) mass is 578 g/mol. The van der Waals surface area contributed by atoms with Gasteiger partial charge in [0.2, 0.25) is 0 Å². The zero-order valence-corrected chi connectivity index (χ0v) is 20.0. The molecule has 218 valence electrons. The van der Waals surface area contributed by atoms with E-state index in [2.05, 4.69) is 14.2 Å². The van der Waals surface area contributed by atoms with Gasteiger partial charge < -0.3 is 14.6 Å². The van der Waals surface area contributed by atoms with Gasteiger partial charge in [-0.2, -0.15) is 35.1 Å². The minimum absolute atomic E-state index is 0.139. The summed E-state index contributed by atoms with van der Waals surface area (Å²) in [5.41, 5.74) is -8.50. The summed E-state index contributed by atoms with van der Waals surface area (Å²) in [4.78, 5) is 11.8. The molecule has 38 heavy (non-hydrogen) atoms. The molecule has 0 fully saturated rings. The number of hydrogen-bond donors (Lipinski definition) is 1. The molecular weight excluding hydrogens is 557 g/mol. The van der Waals surface area contributed by atoms with Crippen LogP contribution in [0.15, 0.2) is 30.3 Å². The highest BCUT2D eigenvalue weighted by Crippen LogP contribution is 2.50. The zero-order valence-electron chi connectivity index (χ0n) is 20.0. The van der Waals surface area contributed by atoms with Crippen molar-refractivity contribution >= 4 is 11.5 Å². The Bertz CT molecular complexity index is 1020. The Hall–Kier alpha value is -2.66. The number of benzene rings is 1. The van der Waals surface area contributed by atoms with E-state index >= 15 is 0 Å². The number of aliphatic hydroxyl groups excluding tert-OH is 1. The van der Waals surface area contributed by atoms with Crippen LogP contribution in [0.2, 0.25) is 0 Å². The normalized spacial score (nSPS) is 15.0. The fourth-order valence-electron chi connectivity index (χ4n) is 2.54. The predicted molar refractivity (Wildman–Crippen MR) is 106 cm³/mol. The largest absolute Gasteiger partial charge is 0.523 e. The van der Waals surface area contributed by atoms with E-state index in [0.717, 1.165) is 12.1 Å². The molecular formula is C21H21F11O6. The van der Waals surface area contributed by atoms with Gasteiger partial charge in [-0.1, -0.05) is 0 Å².